The summed E-state index contributed by atoms with van der Waals surface area (Å²) in [6, 6.07) is 0. The van der Waals surface area contributed by atoms with Crippen molar-refractivity contribution in [1.29, 1.82) is 0 Å². The summed E-state index contributed by atoms with van der Waals surface area (Å²) in [5.74, 6) is 0.103. The Kier molecular flexibility index (Phi) is 4.71. The van der Waals surface area contributed by atoms with Gasteiger partial charge in [0.15, 0.2) is 0 Å². The van der Waals surface area contributed by atoms with E-state index in [9.17, 15) is 4.79 Å². The van der Waals surface area contributed by atoms with Crippen molar-refractivity contribution in [3.63, 3.8) is 0 Å². The molecule has 2 heteroatoms. The van der Waals surface area contributed by atoms with E-state index in [2.05, 4.69) is 12.2 Å². The molecule has 0 bridgehead atoms. The van der Waals surface area contributed by atoms with Gasteiger partial charge in [0.1, 0.15) is 0 Å². The van der Waals surface area contributed by atoms with E-state index in [4.69, 9.17) is 5.11 Å². The van der Waals surface area contributed by atoms with Crippen LogP contribution in [0.5, 0.6) is 0 Å². The zero-order chi connectivity index (χ0) is 10.4. The molecule has 0 aliphatic heterocycles. The Morgan fingerprint density at radius 2 is 2.00 bits per heavy atom. The predicted octanol–water partition coefficient (Wildman–Crippen LogP) is 3.23. The third-order valence-corrected chi connectivity index (χ3v) is 3.17. The Labute approximate surface area is 86.0 Å². The summed E-state index contributed by atoms with van der Waals surface area (Å²) in [6.07, 6.45) is 10.6. The zero-order valence-corrected chi connectivity index (χ0v) is 8.91. The molecule has 0 heterocycles. The highest BCUT2D eigenvalue weighted by Gasteiger charge is 2.25. The quantitative estimate of drug-likeness (QED) is 0.701. The van der Waals surface area contributed by atoms with Crippen molar-refractivity contribution in [2.45, 2.75) is 45.4 Å². The number of carboxylic acid groups (broad SMARTS) is 1. The lowest BCUT2D eigenvalue weighted by Gasteiger charge is -2.25. The first-order valence-electron chi connectivity index (χ1n) is 5.58. The first-order valence-corrected chi connectivity index (χ1v) is 5.58. The Balaban J connectivity index is 2.18. The molecule has 0 amide bonds. The second-order valence-corrected chi connectivity index (χ2v) is 4.20. The van der Waals surface area contributed by atoms with Crippen LogP contribution >= 0.6 is 0 Å². The van der Waals surface area contributed by atoms with Gasteiger partial charge in [0.2, 0.25) is 0 Å². The summed E-state index contributed by atoms with van der Waals surface area (Å²) < 4.78 is 0. The number of hydrogen-bond acceptors (Lipinski definition) is 1. The van der Waals surface area contributed by atoms with Crippen LogP contribution in [0.3, 0.4) is 0 Å². The monoisotopic (exact) mass is 196 g/mol. The molecule has 0 saturated heterocycles. The number of hydrogen-bond donors (Lipinski definition) is 1. The lowest BCUT2D eigenvalue weighted by molar-refractivity contribution is -0.143. The van der Waals surface area contributed by atoms with Gasteiger partial charge in [-0.05, 0) is 51.4 Å². The lowest BCUT2D eigenvalue weighted by atomic mass is 9.80. The first-order chi connectivity index (χ1) is 6.74. The van der Waals surface area contributed by atoms with Gasteiger partial charge >= 0.3 is 5.97 Å². The van der Waals surface area contributed by atoms with E-state index in [0.29, 0.717) is 0 Å². The van der Waals surface area contributed by atoms with E-state index in [-0.39, 0.29) is 5.92 Å². The van der Waals surface area contributed by atoms with E-state index in [1.165, 1.54) is 6.42 Å². The Morgan fingerprint density at radius 1 is 1.36 bits per heavy atom. The Bertz CT molecular complexity index is 200. The number of carboxylic acids is 1. The second kappa shape index (κ2) is 5.84. The molecular weight excluding hydrogens is 176 g/mol. The molecule has 0 radical (unpaired) electrons. The number of carbonyl (C=O) groups is 1. The maximum absolute atomic E-state index is 10.7. The number of aliphatic carboxylic acids is 1. The van der Waals surface area contributed by atoms with Crippen molar-refractivity contribution in [3.8, 4) is 0 Å². The van der Waals surface area contributed by atoms with Gasteiger partial charge in [0.05, 0.1) is 5.92 Å². The van der Waals surface area contributed by atoms with Crippen molar-refractivity contribution in [3.05, 3.63) is 12.2 Å². The molecule has 2 nitrogen and oxygen atoms in total. The summed E-state index contributed by atoms with van der Waals surface area (Å²) >= 11 is 0. The van der Waals surface area contributed by atoms with Gasteiger partial charge in [-0.25, -0.2) is 0 Å². The van der Waals surface area contributed by atoms with Crippen LogP contribution in [0.1, 0.15) is 45.4 Å². The Morgan fingerprint density at radius 3 is 2.50 bits per heavy atom. The number of rotatable bonds is 4. The molecule has 1 rings (SSSR count). The maximum Gasteiger partial charge on any atom is 0.306 e. The van der Waals surface area contributed by atoms with Gasteiger partial charge in [-0.3, -0.25) is 4.79 Å². The van der Waals surface area contributed by atoms with Crippen molar-refractivity contribution in [2.75, 3.05) is 0 Å². The minimum absolute atomic E-state index is 0.0621. The first kappa shape index (κ1) is 11.3. The fraction of sp³-hybridized carbons (Fsp3) is 0.750. The van der Waals surface area contributed by atoms with Crippen LogP contribution in [-0.2, 0) is 4.79 Å². The second-order valence-electron chi connectivity index (χ2n) is 4.20. The van der Waals surface area contributed by atoms with Crippen LogP contribution in [0.25, 0.3) is 0 Å². The third kappa shape index (κ3) is 3.52. The molecule has 80 valence electrons. The predicted molar refractivity (Wildman–Crippen MR) is 57.1 cm³/mol. The highest BCUT2D eigenvalue weighted by Crippen LogP contribution is 2.31. The molecule has 0 atom stereocenters. The molecule has 0 aromatic heterocycles. The summed E-state index contributed by atoms with van der Waals surface area (Å²) in [6.45, 7) is 2.04. The maximum atomic E-state index is 10.7. The normalized spacial score (nSPS) is 28.1. The fourth-order valence-corrected chi connectivity index (χ4v) is 2.20. The van der Waals surface area contributed by atoms with Gasteiger partial charge in [-0.2, -0.15) is 0 Å². The van der Waals surface area contributed by atoms with E-state index in [0.717, 1.165) is 38.0 Å². The van der Waals surface area contributed by atoms with Crippen LogP contribution in [0.2, 0.25) is 0 Å². The molecule has 1 N–H and O–H groups in total. The molecule has 1 saturated carbocycles. The molecule has 14 heavy (non-hydrogen) atoms. The van der Waals surface area contributed by atoms with Crippen molar-refractivity contribution in [1.82, 2.24) is 0 Å². The van der Waals surface area contributed by atoms with E-state index >= 15 is 0 Å². The minimum Gasteiger partial charge on any atom is -0.481 e. The molecule has 0 aromatic carbocycles. The van der Waals surface area contributed by atoms with Crippen molar-refractivity contribution >= 4 is 5.97 Å². The van der Waals surface area contributed by atoms with Crippen LogP contribution < -0.4 is 0 Å². The smallest absolute Gasteiger partial charge is 0.306 e. The van der Waals surface area contributed by atoms with Gasteiger partial charge in [-0.15, -0.1) is 0 Å². The van der Waals surface area contributed by atoms with Gasteiger partial charge in [-0.1, -0.05) is 12.2 Å². The summed E-state index contributed by atoms with van der Waals surface area (Å²) in [5.41, 5.74) is 0. The molecule has 0 spiro atoms. The zero-order valence-electron chi connectivity index (χ0n) is 8.91. The summed E-state index contributed by atoms with van der Waals surface area (Å²) in [7, 11) is 0. The van der Waals surface area contributed by atoms with Crippen LogP contribution in [0, 0.1) is 11.8 Å². The van der Waals surface area contributed by atoms with Crippen LogP contribution in [0.15, 0.2) is 12.2 Å². The topological polar surface area (TPSA) is 37.3 Å². The largest absolute Gasteiger partial charge is 0.481 e. The van der Waals surface area contributed by atoms with E-state index in [1.807, 2.05) is 6.92 Å². The number of allylic oxidation sites excluding steroid dienone is 2. The average molecular weight is 196 g/mol. The van der Waals surface area contributed by atoms with Crippen molar-refractivity contribution < 1.29 is 9.90 Å². The molecule has 0 unspecified atom stereocenters. The SMILES string of the molecule is C/C=C/CC[C@H]1CC[C@H](C(=O)O)CC1. The lowest BCUT2D eigenvalue weighted by Crippen LogP contribution is -2.21. The third-order valence-electron chi connectivity index (χ3n) is 3.17. The van der Waals surface area contributed by atoms with Crippen LogP contribution in [0.4, 0.5) is 0 Å². The van der Waals surface area contributed by atoms with E-state index < -0.39 is 5.97 Å². The summed E-state index contributed by atoms with van der Waals surface area (Å²) in [4.78, 5) is 10.7. The molecule has 0 aromatic rings. The van der Waals surface area contributed by atoms with E-state index in [1.54, 1.807) is 0 Å². The fourth-order valence-electron chi connectivity index (χ4n) is 2.20. The Hall–Kier alpha value is -0.790. The van der Waals surface area contributed by atoms with Crippen molar-refractivity contribution in [2.24, 2.45) is 11.8 Å². The van der Waals surface area contributed by atoms with Gasteiger partial charge < -0.3 is 5.11 Å². The molecule has 1 aliphatic rings. The highest BCUT2D eigenvalue weighted by molar-refractivity contribution is 5.69. The van der Waals surface area contributed by atoms with Crippen LogP contribution in [-0.4, -0.2) is 11.1 Å². The average Bonchev–Trinajstić information content (AvgIpc) is 2.19. The van der Waals surface area contributed by atoms with Gasteiger partial charge in [0.25, 0.3) is 0 Å². The molecular formula is C12H20O2. The van der Waals surface area contributed by atoms with Gasteiger partial charge in [0, 0.05) is 0 Å². The summed E-state index contributed by atoms with van der Waals surface area (Å²) in [5, 5.41) is 8.83. The highest BCUT2D eigenvalue weighted by atomic mass is 16.4. The molecule has 1 aliphatic carbocycles. The minimum atomic E-state index is -0.600. The molecule has 1 fully saturated rings. The standard InChI is InChI=1S/C12H20O2/c1-2-3-4-5-10-6-8-11(9-7-10)12(13)14/h2-3,10-11H,4-9H2,1H3,(H,13,14)/b3-2+/t10-,11-.